The Bertz CT molecular complexity index is 720. The summed E-state index contributed by atoms with van der Waals surface area (Å²) in [4.78, 5) is 12.0. The summed E-state index contributed by atoms with van der Waals surface area (Å²) in [7, 11) is 0. The lowest BCUT2D eigenvalue weighted by atomic mass is 10.1. The molecule has 3 rings (SSSR count). The Labute approximate surface area is 125 Å². The molecular weight excluding hydrogens is 297 g/mol. The molecule has 0 bridgehead atoms. The zero-order valence-electron chi connectivity index (χ0n) is 10.8. The van der Waals surface area contributed by atoms with E-state index >= 15 is 0 Å². The minimum absolute atomic E-state index is 0.00163. The molecule has 0 aliphatic carbocycles. The van der Waals surface area contributed by atoms with Crippen LogP contribution in [-0.4, -0.2) is 17.1 Å². The van der Waals surface area contributed by atoms with Crippen molar-refractivity contribution in [2.75, 3.05) is 5.32 Å². The van der Waals surface area contributed by atoms with Crippen LogP contribution in [0.4, 0.5) is 10.1 Å². The molecule has 21 heavy (non-hydrogen) atoms. The Morgan fingerprint density at radius 1 is 1.29 bits per heavy atom. The van der Waals surface area contributed by atoms with Gasteiger partial charge in [0.15, 0.2) is 6.10 Å². The van der Waals surface area contributed by atoms with Crippen molar-refractivity contribution < 1.29 is 19.0 Å². The molecule has 0 radical (unpaired) electrons. The first kappa shape index (κ1) is 13.7. The molecular formula is C15H11ClFNO3. The molecule has 1 atom stereocenters. The maximum absolute atomic E-state index is 13.1. The highest BCUT2D eigenvalue weighted by Gasteiger charge is 2.28. The number of rotatable bonds is 2. The summed E-state index contributed by atoms with van der Waals surface area (Å²) in [5.41, 5.74) is 1.19. The average molecular weight is 308 g/mol. The van der Waals surface area contributed by atoms with Gasteiger partial charge in [-0.3, -0.25) is 4.79 Å². The maximum Gasteiger partial charge on any atom is 0.265 e. The lowest BCUT2D eigenvalue weighted by Gasteiger charge is -2.26. The highest BCUT2D eigenvalue weighted by Crippen LogP contribution is 2.33. The number of carbonyl (C=O) groups excluding carboxylic acids is 1. The molecule has 2 aromatic carbocycles. The molecule has 0 saturated carbocycles. The first-order valence-electron chi connectivity index (χ1n) is 6.27. The third kappa shape index (κ3) is 2.78. The summed E-state index contributed by atoms with van der Waals surface area (Å²) in [5.74, 6) is -0.361. The second-order valence-electron chi connectivity index (χ2n) is 4.73. The number of nitrogens with one attached hydrogen (secondary N) is 1. The third-order valence-corrected chi connectivity index (χ3v) is 3.48. The molecule has 2 aromatic rings. The number of fused-ring (bicyclic) bond motifs is 1. The van der Waals surface area contributed by atoms with Gasteiger partial charge in [-0.1, -0.05) is 17.7 Å². The van der Waals surface area contributed by atoms with Crippen LogP contribution >= 0.6 is 11.6 Å². The van der Waals surface area contributed by atoms with Crippen LogP contribution in [0.2, 0.25) is 5.02 Å². The van der Waals surface area contributed by atoms with E-state index in [1.165, 1.54) is 24.3 Å². The molecule has 0 spiro atoms. The van der Waals surface area contributed by atoms with Gasteiger partial charge in [-0.25, -0.2) is 4.39 Å². The van der Waals surface area contributed by atoms with Crippen LogP contribution in [0.25, 0.3) is 0 Å². The molecule has 0 aromatic heterocycles. The summed E-state index contributed by atoms with van der Waals surface area (Å²) in [6.45, 7) is 0. The number of hydrogen-bond donors (Lipinski definition) is 2. The fourth-order valence-electron chi connectivity index (χ4n) is 2.15. The molecule has 2 N–H and O–H groups in total. The van der Waals surface area contributed by atoms with Crippen molar-refractivity contribution in [2.24, 2.45) is 0 Å². The molecule has 4 nitrogen and oxygen atoms in total. The minimum Gasteiger partial charge on any atom is -0.508 e. The molecule has 1 unspecified atom stereocenters. The normalized spacial score (nSPS) is 16.9. The summed E-state index contributed by atoms with van der Waals surface area (Å²) in [6, 6.07) is 8.72. The smallest absolute Gasteiger partial charge is 0.265 e. The van der Waals surface area contributed by atoms with Gasteiger partial charge in [0.05, 0.1) is 10.7 Å². The number of halogens is 2. The predicted octanol–water partition coefficient (Wildman–Crippen LogP) is 3.13. The predicted molar refractivity (Wildman–Crippen MR) is 76.3 cm³/mol. The van der Waals surface area contributed by atoms with E-state index in [0.29, 0.717) is 17.0 Å². The van der Waals surface area contributed by atoms with E-state index in [-0.39, 0.29) is 23.1 Å². The Morgan fingerprint density at radius 2 is 2.10 bits per heavy atom. The van der Waals surface area contributed by atoms with E-state index in [0.717, 1.165) is 0 Å². The van der Waals surface area contributed by atoms with Gasteiger partial charge in [0.25, 0.3) is 5.91 Å². The lowest BCUT2D eigenvalue weighted by Crippen LogP contribution is -2.38. The number of hydrogen-bond acceptors (Lipinski definition) is 3. The highest BCUT2D eigenvalue weighted by atomic mass is 35.5. The van der Waals surface area contributed by atoms with Gasteiger partial charge in [-0.2, -0.15) is 0 Å². The molecule has 0 fully saturated rings. The van der Waals surface area contributed by atoms with E-state index in [1.54, 1.807) is 12.1 Å². The van der Waals surface area contributed by atoms with Gasteiger partial charge in [0.1, 0.15) is 17.3 Å². The van der Waals surface area contributed by atoms with Crippen molar-refractivity contribution in [3.63, 3.8) is 0 Å². The molecule has 1 amide bonds. The third-order valence-electron chi connectivity index (χ3n) is 3.19. The summed E-state index contributed by atoms with van der Waals surface area (Å²) >= 11 is 5.72. The van der Waals surface area contributed by atoms with Crippen molar-refractivity contribution in [1.29, 1.82) is 0 Å². The van der Waals surface area contributed by atoms with Crippen LogP contribution in [0, 0.1) is 5.82 Å². The van der Waals surface area contributed by atoms with Crippen molar-refractivity contribution >= 4 is 23.2 Å². The van der Waals surface area contributed by atoms with E-state index in [2.05, 4.69) is 5.32 Å². The number of amides is 1. The first-order valence-corrected chi connectivity index (χ1v) is 6.65. The summed E-state index contributed by atoms with van der Waals surface area (Å²) < 4.78 is 18.7. The van der Waals surface area contributed by atoms with E-state index in [4.69, 9.17) is 16.3 Å². The van der Waals surface area contributed by atoms with Crippen molar-refractivity contribution in [1.82, 2.24) is 0 Å². The Morgan fingerprint density at radius 3 is 2.86 bits per heavy atom. The number of anilines is 1. The Hall–Kier alpha value is -2.27. The molecule has 108 valence electrons. The SMILES string of the molecule is O=C1Nc2ccc(O)cc2OC1Cc1ccc(F)c(Cl)c1. The standard InChI is InChI=1S/C15H11ClFNO3/c16-10-5-8(1-3-11(10)17)6-14-15(20)18-12-4-2-9(19)7-13(12)21-14/h1-5,7,14,19H,6H2,(H,18,20). The largest absolute Gasteiger partial charge is 0.508 e. The first-order chi connectivity index (χ1) is 10.0. The highest BCUT2D eigenvalue weighted by molar-refractivity contribution is 6.30. The molecule has 1 aliphatic rings. The summed E-state index contributed by atoms with van der Waals surface area (Å²) in [5, 5.41) is 12.1. The number of phenols is 1. The van der Waals surface area contributed by atoms with Gasteiger partial charge in [0.2, 0.25) is 0 Å². The van der Waals surface area contributed by atoms with Crippen LogP contribution in [-0.2, 0) is 11.2 Å². The van der Waals surface area contributed by atoms with Gasteiger partial charge in [-0.05, 0) is 29.8 Å². The number of benzene rings is 2. The number of aromatic hydroxyl groups is 1. The van der Waals surface area contributed by atoms with E-state index in [1.807, 2.05) is 0 Å². The molecule has 6 heteroatoms. The van der Waals surface area contributed by atoms with Gasteiger partial charge in [-0.15, -0.1) is 0 Å². The van der Waals surface area contributed by atoms with Crippen molar-refractivity contribution in [3.05, 3.63) is 52.8 Å². The van der Waals surface area contributed by atoms with Crippen molar-refractivity contribution in [2.45, 2.75) is 12.5 Å². The number of phenolic OH excluding ortho intramolecular Hbond substituents is 1. The molecule has 0 saturated heterocycles. The number of ether oxygens (including phenoxy) is 1. The quantitative estimate of drug-likeness (QED) is 0.838. The fourth-order valence-corrected chi connectivity index (χ4v) is 2.35. The van der Waals surface area contributed by atoms with Gasteiger partial charge < -0.3 is 15.2 Å². The topological polar surface area (TPSA) is 58.6 Å². The van der Waals surface area contributed by atoms with Crippen LogP contribution in [0.5, 0.6) is 11.5 Å². The second kappa shape index (κ2) is 5.26. The maximum atomic E-state index is 13.1. The minimum atomic E-state index is -0.763. The van der Waals surface area contributed by atoms with Crippen LogP contribution in [0.3, 0.4) is 0 Å². The molecule has 1 aliphatic heterocycles. The van der Waals surface area contributed by atoms with Gasteiger partial charge >= 0.3 is 0 Å². The second-order valence-corrected chi connectivity index (χ2v) is 5.14. The average Bonchev–Trinajstić information content (AvgIpc) is 2.44. The number of carbonyl (C=O) groups is 1. The van der Waals surface area contributed by atoms with E-state index in [9.17, 15) is 14.3 Å². The Kier molecular flexibility index (Phi) is 3.43. The zero-order valence-corrected chi connectivity index (χ0v) is 11.5. The molecule has 1 heterocycles. The van der Waals surface area contributed by atoms with E-state index < -0.39 is 11.9 Å². The lowest BCUT2D eigenvalue weighted by molar-refractivity contribution is -0.123. The van der Waals surface area contributed by atoms with Gasteiger partial charge in [0, 0.05) is 12.5 Å². The Balaban J connectivity index is 1.83. The zero-order chi connectivity index (χ0) is 15.0. The monoisotopic (exact) mass is 307 g/mol. The summed E-state index contributed by atoms with van der Waals surface area (Å²) in [6.07, 6.45) is -0.512. The van der Waals surface area contributed by atoms with Crippen LogP contribution < -0.4 is 10.1 Å². The van der Waals surface area contributed by atoms with Crippen molar-refractivity contribution in [3.8, 4) is 11.5 Å². The van der Waals surface area contributed by atoms with Crippen LogP contribution in [0.15, 0.2) is 36.4 Å². The fraction of sp³-hybridized carbons (Fsp3) is 0.133. The van der Waals surface area contributed by atoms with Crippen LogP contribution in [0.1, 0.15) is 5.56 Å².